The van der Waals surface area contributed by atoms with E-state index in [2.05, 4.69) is 5.32 Å². The van der Waals surface area contributed by atoms with Crippen molar-refractivity contribution in [1.29, 1.82) is 0 Å². The molecule has 1 aromatic heterocycles. The largest absolute Gasteiger partial charge is 0.465 e. The van der Waals surface area contributed by atoms with E-state index >= 15 is 0 Å². The number of carbonyl (C=O) groups excluding carboxylic acids is 2. The van der Waals surface area contributed by atoms with Crippen LogP contribution in [0.5, 0.6) is 0 Å². The Morgan fingerprint density at radius 2 is 2.03 bits per heavy atom. The van der Waals surface area contributed by atoms with Crippen LogP contribution in [0.15, 0.2) is 18.2 Å². The number of sulfonamides is 1. The molecule has 29 heavy (non-hydrogen) atoms. The Labute approximate surface area is 178 Å². The Hall–Kier alpha value is -2.10. The molecule has 0 unspecified atom stereocenters. The van der Waals surface area contributed by atoms with Crippen LogP contribution >= 0.6 is 22.9 Å². The van der Waals surface area contributed by atoms with Crippen molar-refractivity contribution < 1.29 is 22.7 Å². The van der Waals surface area contributed by atoms with E-state index in [0.29, 0.717) is 26.8 Å². The van der Waals surface area contributed by atoms with E-state index in [1.165, 1.54) is 18.4 Å². The minimum Gasteiger partial charge on any atom is -0.465 e. The molecule has 1 heterocycles. The first-order valence-corrected chi connectivity index (χ1v) is 11.9. The summed E-state index contributed by atoms with van der Waals surface area (Å²) in [4.78, 5) is 26.0. The van der Waals surface area contributed by atoms with Crippen LogP contribution in [0.1, 0.15) is 32.8 Å². The molecule has 7 nitrogen and oxygen atoms in total. The first-order valence-electron chi connectivity index (χ1n) is 8.89. The molecule has 1 aliphatic carbocycles. The van der Waals surface area contributed by atoms with Gasteiger partial charge in [0.15, 0.2) is 0 Å². The van der Waals surface area contributed by atoms with Crippen LogP contribution in [0.3, 0.4) is 0 Å². The summed E-state index contributed by atoms with van der Waals surface area (Å²) in [7, 11) is -2.45. The summed E-state index contributed by atoms with van der Waals surface area (Å²) >= 11 is 7.45. The number of thiophene rings is 1. The maximum Gasteiger partial charge on any atom is 0.341 e. The second-order valence-corrected chi connectivity index (χ2v) is 10.2. The number of rotatable bonds is 6. The van der Waals surface area contributed by atoms with Gasteiger partial charge in [-0.25, -0.2) is 13.2 Å². The summed E-state index contributed by atoms with van der Waals surface area (Å²) in [6.07, 6.45) is 3.58. The van der Waals surface area contributed by atoms with Gasteiger partial charge >= 0.3 is 5.97 Å². The van der Waals surface area contributed by atoms with Gasteiger partial charge in [0.1, 0.15) is 11.5 Å². The third-order valence-electron chi connectivity index (χ3n) is 4.76. The monoisotopic (exact) mass is 456 g/mol. The van der Waals surface area contributed by atoms with Crippen molar-refractivity contribution in [3.63, 3.8) is 0 Å². The Bertz CT molecular complexity index is 1080. The van der Waals surface area contributed by atoms with Crippen LogP contribution in [0.2, 0.25) is 5.02 Å². The van der Waals surface area contributed by atoms with Gasteiger partial charge in [-0.2, -0.15) is 0 Å². The van der Waals surface area contributed by atoms with Gasteiger partial charge in [0.05, 0.1) is 24.6 Å². The smallest absolute Gasteiger partial charge is 0.341 e. The standard InChI is InChI=1S/C19H21ClN2O5S2/c1-11-13(20)7-5-8-14(11)22(29(3,25)26)10-16(23)21-18-17(19(24)27-2)12-6-4-9-15(12)28-18/h5,7-8H,4,6,9-10H2,1-3H3,(H,21,23). The summed E-state index contributed by atoms with van der Waals surface area (Å²) in [5, 5.41) is 3.49. The molecule has 0 bridgehead atoms. The molecular formula is C19H21ClN2O5S2. The number of nitrogens with zero attached hydrogens (tertiary/aromatic N) is 1. The highest BCUT2D eigenvalue weighted by Gasteiger charge is 2.29. The molecule has 3 rings (SSSR count). The van der Waals surface area contributed by atoms with Crippen molar-refractivity contribution in [2.24, 2.45) is 0 Å². The molecule has 2 aromatic rings. The summed E-state index contributed by atoms with van der Waals surface area (Å²) in [5.74, 6) is -1.06. The van der Waals surface area contributed by atoms with Crippen molar-refractivity contribution in [3.8, 4) is 0 Å². The molecule has 1 aliphatic rings. The number of nitrogens with one attached hydrogen (secondary N) is 1. The Morgan fingerprint density at radius 1 is 1.31 bits per heavy atom. The van der Waals surface area contributed by atoms with Crippen LogP contribution in [0, 0.1) is 6.92 Å². The Morgan fingerprint density at radius 3 is 2.69 bits per heavy atom. The van der Waals surface area contributed by atoms with Gasteiger partial charge in [0.25, 0.3) is 0 Å². The van der Waals surface area contributed by atoms with Crippen molar-refractivity contribution >= 4 is 55.5 Å². The number of anilines is 2. The Balaban J connectivity index is 1.89. The molecule has 0 saturated carbocycles. The summed E-state index contributed by atoms with van der Waals surface area (Å²) in [6.45, 7) is 1.25. The highest BCUT2D eigenvalue weighted by molar-refractivity contribution is 7.92. The van der Waals surface area contributed by atoms with E-state index < -0.39 is 28.4 Å². The molecule has 0 atom stereocenters. The normalized spacial score (nSPS) is 13.1. The molecule has 0 aliphatic heterocycles. The zero-order valence-corrected chi connectivity index (χ0v) is 18.6. The maximum atomic E-state index is 12.7. The van der Waals surface area contributed by atoms with Gasteiger partial charge in [0, 0.05) is 9.90 Å². The van der Waals surface area contributed by atoms with E-state index in [1.807, 2.05) is 0 Å². The third kappa shape index (κ3) is 4.41. The highest BCUT2D eigenvalue weighted by atomic mass is 35.5. The van der Waals surface area contributed by atoms with Crippen molar-refractivity contribution in [3.05, 3.63) is 44.8 Å². The van der Waals surface area contributed by atoms with Crippen molar-refractivity contribution in [2.45, 2.75) is 26.2 Å². The number of hydrogen-bond donors (Lipinski definition) is 1. The number of hydrogen-bond acceptors (Lipinski definition) is 6. The Kier molecular flexibility index (Phi) is 6.21. The number of methoxy groups -OCH3 is 1. The number of fused-ring (bicyclic) bond motifs is 1. The summed E-state index contributed by atoms with van der Waals surface area (Å²) < 4.78 is 30.6. The quantitative estimate of drug-likeness (QED) is 0.672. The molecular weight excluding hydrogens is 436 g/mol. The predicted octanol–water partition coefficient (Wildman–Crippen LogP) is 3.39. The molecule has 1 amide bonds. The second kappa shape index (κ2) is 8.33. The number of ether oxygens (including phenoxy) is 1. The second-order valence-electron chi connectivity index (χ2n) is 6.75. The topological polar surface area (TPSA) is 92.8 Å². The summed E-state index contributed by atoms with van der Waals surface area (Å²) in [5.41, 5.74) is 2.15. The number of benzene rings is 1. The van der Waals surface area contributed by atoms with E-state index in [-0.39, 0.29) is 0 Å². The lowest BCUT2D eigenvalue weighted by molar-refractivity contribution is -0.114. The highest BCUT2D eigenvalue weighted by Crippen LogP contribution is 2.39. The number of amides is 1. The fraction of sp³-hybridized carbons (Fsp3) is 0.368. The van der Waals surface area contributed by atoms with Gasteiger partial charge in [-0.1, -0.05) is 17.7 Å². The molecule has 10 heteroatoms. The number of esters is 1. The average Bonchev–Trinajstić information content (AvgIpc) is 3.21. The zero-order valence-electron chi connectivity index (χ0n) is 16.2. The fourth-order valence-electron chi connectivity index (χ4n) is 3.35. The molecule has 0 saturated heterocycles. The van der Waals surface area contributed by atoms with E-state index in [1.54, 1.807) is 25.1 Å². The minimum atomic E-state index is -3.75. The lowest BCUT2D eigenvalue weighted by atomic mass is 10.1. The molecule has 0 fully saturated rings. The van der Waals surface area contributed by atoms with Gasteiger partial charge < -0.3 is 10.1 Å². The lowest BCUT2D eigenvalue weighted by Gasteiger charge is -2.24. The first kappa shape index (κ1) is 21.6. The van der Waals surface area contributed by atoms with E-state index in [4.69, 9.17) is 16.3 Å². The van der Waals surface area contributed by atoms with Crippen molar-refractivity contribution in [2.75, 3.05) is 29.5 Å². The lowest BCUT2D eigenvalue weighted by Crippen LogP contribution is -2.38. The molecule has 1 N–H and O–H groups in total. The van der Waals surface area contributed by atoms with Gasteiger partial charge in [-0.3, -0.25) is 9.10 Å². The third-order valence-corrected chi connectivity index (χ3v) is 7.50. The van der Waals surface area contributed by atoms with Gasteiger partial charge in [-0.05, 0) is 49.4 Å². The number of aryl methyl sites for hydroxylation is 1. The van der Waals surface area contributed by atoms with E-state index in [9.17, 15) is 18.0 Å². The van der Waals surface area contributed by atoms with Gasteiger partial charge in [0.2, 0.25) is 15.9 Å². The van der Waals surface area contributed by atoms with Gasteiger partial charge in [-0.15, -0.1) is 11.3 Å². The van der Waals surface area contributed by atoms with E-state index in [0.717, 1.165) is 40.3 Å². The molecule has 1 aromatic carbocycles. The van der Waals surface area contributed by atoms with Crippen LogP contribution < -0.4 is 9.62 Å². The van der Waals surface area contributed by atoms with Crippen LogP contribution in [0.25, 0.3) is 0 Å². The number of carbonyl (C=O) groups is 2. The summed E-state index contributed by atoms with van der Waals surface area (Å²) in [6, 6.07) is 4.87. The molecule has 0 radical (unpaired) electrons. The zero-order chi connectivity index (χ0) is 21.3. The maximum absolute atomic E-state index is 12.7. The first-order chi connectivity index (χ1) is 13.6. The van der Waals surface area contributed by atoms with Crippen LogP contribution in [-0.2, 0) is 32.4 Å². The average molecular weight is 457 g/mol. The minimum absolute atomic E-state index is 0.331. The fourth-order valence-corrected chi connectivity index (χ4v) is 5.72. The van der Waals surface area contributed by atoms with Crippen LogP contribution in [0.4, 0.5) is 10.7 Å². The SMILES string of the molecule is COC(=O)c1c(NC(=O)CN(c2cccc(Cl)c2C)S(C)(=O)=O)sc2c1CCC2. The number of halogens is 1. The van der Waals surface area contributed by atoms with Crippen LogP contribution in [-0.4, -0.2) is 40.2 Å². The molecule has 0 spiro atoms. The molecule has 156 valence electrons. The van der Waals surface area contributed by atoms with Crippen molar-refractivity contribution in [1.82, 2.24) is 0 Å². The predicted molar refractivity (Wildman–Crippen MR) is 115 cm³/mol.